The van der Waals surface area contributed by atoms with Gasteiger partial charge in [-0.3, -0.25) is 9.52 Å². The zero-order chi connectivity index (χ0) is 17.3. The number of hydrogen-bond acceptors (Lipinski definition) is 3. The molecule has 0 saturated carbocycles. The van der Waals surface area contributed by atoms with Crippen molar-refractivity contribution in [3.05, 3.63) is 54.1 Å². The highest BCUT2D eigenvalue weighted by Crippen LogP contribution is 2.29. The van der Waals surface area contributed by atoms with Gasteiger partial charge in [-0.25, -0.2) is 8.42 Å². The van der Waals surface area contributed by atoms with E-state index in [2.05, 4.69) is 4.72 Å². The van der Waals surface area contributed by atoms with Gasteiger partial charge in [-0.2, -0.15) is 0 Å². The van der Waals surface area contributed by atoms with Crippen molar-refractivity contribution in [3.63, 3.8) is 0 Å². The van der Waals surface area contributed by atoms with Crippen molar-refractivity contribution in [1.82, 2.24) is 0 Å². The Balaban J connectivity index is 1.87. The minimum Gasteiger partial charge on any atom is -0.310 e. The van der Waals surface area contributed by atoms with Crippen molar-refractivity contribution < 1.29 is 13.2 Å². The van der Waals surface area contributed by atoms with Crippen molar-refractivity contribution in [1.29, 1.82) is 0 Å². The third kappa shape index (κ3) is 3.28. The largest absolute Gasteiger partial charge is 0.310 e. The molecule has 0 aliphatic carbocycles. The highest BCUT2D eigenvalue weighted by molar-refractivity contribution is 7.92. The zero-order valence-corrected chi connectivity index (χ0v) is 14.5. The molecule has 1 saturated heterocycles. The van der Waals surface area contributed by atoms with Gasteiger partial charge < -0.3 is 4.90 Å². The first-order chi connectivity index (χ1) is 11.4. The van der Waals surface area contributed by atoms with Gasteiger partial charge in [0.1, 0.15) is 0 Å². The number of aryl methyl sites for hydroxylation is 1. The second-order valence-electron chi connectivity index (χ2n) is 6.12. The average molecular weight is 344 g/mol. The van der Waals surface area contributed by atoms with Crippen molar-refractivity contribution in [2.75, 3.05) is 9.62 Å². The molecule has 1 aliphatic heterocycles. The number of carbonyl (C=O) groups is 1. The summed E-state index contributed by atoms with van der Waals surface area (Å²) in [4.78, 5) is 14.0. The number of anilines is 2. The quantitative estimate of drug-likeness (QED) is 0.925. The van der Waals surface area contributed by atoms with E-state index in [1.165, 1.54) is 0 Å². The Labute approximate surface area is 142 Å². The van der Waals surface area contributed by atoms with Crippen LogP contribution in [0.5, 0.6) is 0 Å². The second kappa shape index (κ2) is 6.28. The van der Waals surface area contributed by atoms with E-state index in [1.807, 2.05) is 19.9 Å². The number of amides is 1. The number of hydrogen-bond donors (Lipinski definition) is 1. The molecule has 0 spiro atoms. The molecule has 1 N–H and O–H groups in total. The van der Waals surface area contributed by atoms with Crippen molar-refractivity contribution in [3.8, 4) is 0 Å². The molecular formula is C18H20N2O3S. The molecule has 1 aliphatic rings. The maximum absolute atomic E-state index is 12.5. The standard InChI is InChI=1S/C18H20N2O3S/c1-13-6-9-17(10-7-13)24(22,23)19-15-4-3-5-16(12-15)20-14(2)8-11-18(20)21/h3-7,9-10,12,14,19H,8,11H2,1-2H3. The summed E-state index contributed by atoms with van der Waals surface area (Å²) >= 11 is 0. The summed E-state index contributed by atoms with van der Waals surface area (Å²) in [6.07, 6.45) is 1.35. The van der Waals surface area contributed by atoms with Crippen LogP contribution in [-0.4, -0.2) is 20.4 Å². The maximum atomic E-state index is 12.5. The fourth-order valence-electron chi connectivity index (χ4n) is 2.88. The van der Waals surface area contributed by atoms with E-state index in [-0.39, 0.29) is 16.8 Å². The molecule has 1 heterocycles. The summed E-state index contributed by atoms with van der Waals surface area (Å²) in [5.41, 5.74) is 2.16. The SMILES string of the molecule is Cc1ccc(S(=O)(=O)Nc2cccc(N3C(=O)CCC3C)c2)cc1. The molecule has 24 heavy (non-hydrogen) atoms. The predicted molar refractivity (Wildman–Crippen MR) is 94.6 cm³/mol. The minimum absolute atomic E-state index is 0.0704. The van der Waals surface area contributed by atoms with E-state index >= 15 is 0 Å². The second-order valence-corrected chi connectivity index (χ2v) is 7.80. The summed E-state index contributed by atoms with van der Waals surface area (Å²) in [7, 11) is -3.65. The third-order valence-corrected chi connectivity index (χ3v) is 5.59. The van der Waals surface area contributed by atoms with Gasteiger partial charge in [0.05, 0.1) is 10.6 Å². The van der Waals surface area contributed by atoms with Crippen molar-refractivity contribution in [2.24, 2.45) is 0 Å². The Bertz CT molecular complexity index is 860. The van der Waals surface area contributed by atoms with E-state index in [9.17, 15) is 13.2 Å². The molecule has 1 unspecified atom stereocenters. The number of benzene rings is 2. The Hall–Kier alpha value is -2.34. The molecule has 2 aromatic carbocycles. The lowest BCUT2D eigenvalue weighted by atomic mass is 10.2. The molecule has 2 aromatic rings. The molecule has 6 heteroatoms. The van der Waals surface area contributed by atoms with Gasteiger partial charge in [-0.1, -0.05) is 23.8 Å². The lowest BCUT2D eigenvalue weighted by Crippen LogP contribution is -2.30. The first kappa shape index (κ1) is 16.5. The summed E-state index contributed by atoms with van der Waals surface area (Å²) < 4.78 is 27.5. The van der Waals surface area contributed by atoms with Crippen LogP contribution in [0.25, 0.3) is 0 Å². The van der Waals surface area contributed by atoms with Gasteiger partial charge in [0, 0.05) is 18.2 Å². The molecule has 1 fully saturated rings. The van der Waals surface area contributed by atoms with Crippen LogP contribution in [0, 0.1) is 6.92 Å². The van der Waals surface area contributed by atoms with E-state index in [1.54, 1.807) is 47.4 Å². The van der Waals surface area contributed by atoms with Gasteiger partial charge in [0.15, 0.2) is 0 Å². The van der Waals surface area contributed by atoms with Gasteiger partial charge in [0.25, 0.3) is 10.0 Å². The molecule has 126 valence electrons. The molecule has 5 nitrogen and oxygen atoms in total. The number of rotatable bonds is 4. The minimum atomic E-state index is -3.65. The number of nitrogens with zero attached hydrogens (tertiary/aromatic N) is 1. The van der Waals surface area contributed by atoms with Crippen LogP contribution in [-0.2, 0) is 14.8 Å². The van der Waals surface area contributed by atoms with E-state index in [4.69, 9.17) is 0 Å². The van der Waals surface area contributed by atoms with Crippen LogP contribution in [0.15, 0.2) is 53.4 Å². The fraction of sp³-hybridized carbons (Fsp3) is 0.278. The van der Waals surface area contributed by atoms with Gasteiger partial charge in [-0.05, 0) is 50.6 Å². The monoisotopic (exact) mass is 344 g/mol. The van der Waals surface area contributed by atoms with Crippen LogP contribution >= 0.6 is 0 Å². The van der Waals surface area contributed by atoms with Crippen LogP contribution in [0.1, 0.15) is 25.3 Å². The smallest absolute Gasteiger partial charge is 0.261 e. The van der Waals surface area contributed by atoms with Gasteiger partial charge in [0.2, 0.25) is 5.91 Å². The normalized spacial score (nSPS) is 18.0. The van der Waals surface area contributed by atoms with Crippen LogP contribution in [0.3, 0.4) is 0 Å². The first-order valence-corrected chi connectivity index (χ1v) is 9.37. The Kier molecular flexibility index (Phi) is 4.32. The summed E-state index contributed by atoms with van der Waals surface area (Å²) in [5, 5.41) is 0. The Morgan fingerprint density at radius 2 is 1.83 bits per heavy atom. The van der Waals surface area contributed by atoms with Crippen molar-refractivity contribution in [2.45, 2.75) is 37.6 Å². The average Bonchev–Trinajstić information content (AvgIpc) is 2.86. The number of sulfonamides is 1. The number of carbonyl (C=O) groups excluding carboxylic acids is 1. The predicted octanol–water partition coefficient (Wildman–Crippen LogP) is 3.31. The molecule has 0 radical (unpaired) electrons. The number of nitrogens with one attached hydrogen (secondary N) is 1. The maximum Gasteiger partial charge on any atom is 0.261 e. The molecule has 0 aromatic heterocycles. The third-order valence-electron chi connectivity index (χ3n) is 4.19. The van der Waals surface area contributed by atoms with E-state index in [0.29, 0.717) is 17.8 Å². The highest BCUT2D eigenvalue weighted by atomic mass is 32.2. The molecule has 3 rings (SSSR count). The van der Waals surface area contributed by atoms with Crippen LogP contribution in [0.4, 0.5) is 11.4 Å². The van der Waals surface area contributed by atoms with Crippen molar-refractivity contribution >= 4 is 27.3 Å². The topological polar surface area (TPSA) is 66.5 Å². The zero-order valence-electron chi connectivity index (χ0n) is 13.7. The van der Waals surface area contributed by atoms with Gasteiger partial charge >= 0.3 is 0 Å². The van der Waals surface area contributed by atoms with E-state index in [0.717, 1.165) is 12.0 Å². The highest BCUT2D eigenvalue weighted by Gasteiger charge is 2.29. The molecule has 1 atom stereocenters. The van der Waals surface area contributed by atoms with Gasteiger partial charge in [-0.15, -0.1) is 0 Å². The summed E-state index contributed by atoms with van der Waals surface area (Å²) in [6.45, 7) is 3.90. The lowest BCUT2D eigenvalue weighted by Gasteiger charge is -2.22. The van der Waals surface area contributed by atoms with Crippen LogP contribution < -0.4 is 9.62 Å². The summed E-state index contributed by atoms with van der Waals surface area (Å²) in [5.74, 6) is 0.0704. The first-order valence-electron chi connectivity index (χ1n) is 7.88. The summed E-state index contributed by atoms with van der Waals surface area (Å²) in [6, 6.07) is 13.8. The molecule has 0 bridgehead atoms. The lowest BCUT2D eigenvalue weighted by molar-refractivity contribution is -0.117. The van der Waals surface area contributed by atoms with E-state index < -0.39 is 10.0 Å². The Morgan fingerprint density at radius 1 is 1.12 bits per heavy atom. The van der Waals surface area contributed by atoms with Crippen LogP contribution in [0.2, 0.25) is 0 Å². The molecular weight excluding hydrogens is 324 g/mol. The molecule has 1 amide bonds. The fourth-order valence-corrected chi connectivity index (χ4v) is 3.93. The Morgan fingerprint density at radius 3 is 2.46 bits per heavy atom.